The lowest BCUT2D eigenvalue weighted by molar-refractivity contribution is -0.142. The van der Waals surface area contributed by atoms with Crippen LogP contribution in [0.2, 0.25) is 5.02 Å². The number of likely N-dealkylation sites (N-methyl/N-ethyl adjacent to an activating group) is 1. The molecule has 0 spiro atoms. The molecule has 25 heavy (non-hydrogen) atoms. The van der Waals surface area contributed by atoms with Gasteiger partial charge in [0.15, 0.2) is 6.61 Å². The van der Waals surface area contributed by atoms with Gasteiger partial charge < -0.3 is 15.0 Å². The number of nitrogens with one attached hydrogen (secondary N) is 1. The number of carbonyl (C=O) groups is 2. The van der Waals surface area contributed by atoms with Gasteiger partial charge in [-0.05, 0) is 30.7 Å². The van der Waals surface area contributed by atoms with E-state index in [1.807, 2.05) is 36.4 Å². The number of halogens is 1. The van der Waals surface area contributed by atoms with E-state index in [2.05, 4.69) is 5.32 Å². The number of amides is 2. The number of nitrogens with zero attached hydrogens (tertiary/aromatic N) is 1. The van der Waals surface area contributed by atoms with Crippen molar-refractivity contribution in [3.8, 4) is 5.75 Å². The molecule has 132 valence electrons. The molecule has 0 saturated heterocycles. The molecular formula is C19H21ClN2O3. The number of hydrogen-bond donors (Lipinski definition) is 1. The highest BCUT2D eigenvalue weighted by Gasteiger charge is 2.26. The van der Waals surface area contributed by atoms with E-state index in [1.165, 1.54) is 11.9 Å². The molecule has 0 heterocycles. The van der Waals surface area contributed by atoms with Crippen molar-refractivity contribution in [2.45, 2.75) is 19.5 Å². The zero-order valence-electron chi connectivity index (χ0n) is 14.2. The highest BCUT2D eigenvalue weighted by molar-refractivity contribution is 6.31. The predicted octanol–water partition coefficient (Wildman–Crippen LogP) is 2.88. The topological polar surface area (TPSA) is 58.6 Å². The fraction of sp³-hybridized carbons (Fsp3) is 0.263. The maximum absolute atomic E-state index is 12.7. The van der Waals surface area contributed by atoms with Crippen molar-refractivity contribution in [3.63, 3.8) is 0 Å². The monoisotopic (exact) mass is 360 g/mol. The maximum Gasteiger partial charge on any atom is 0.261 e. The lowest BCUT2D eigenvalue weighted by Gasteiger charge is -2.28. The number of rotatable bonds is 7. The van der Waals surface area contributed by atoms with Gasteiger partial charge in [0.1, 0.15) is 11.8 Å². The quantitative estimate of drug-likeness (QED) is 0.826. The average Bonchev–Trinajstić information content (AvgIpc) is 2.65. The molecule has 2 rings (SSSR count). The largest absolute Gasteiger partial charge is 0.484 e. The van der Waals surface area contributed by atoms with E-state index >= 15 is 0 Å². The molecule has 0 aliphatic rings. The molecule has 2 aromatic carbocycles. The van der Waals surface area contributed by atoms with Gasteiger partial charge in [-0.3, -0.25) is 9.59 Å². The summed E-state index contributed by atoms with van der Waals surface area (Å²) in [5.74, 6) is 0.0566. The summed E-state index contributed by atoms with van der Waals surface area (Å²) in [6.45, 7) is 1.75. The Balaban J connectivity index is 2.14. The van der Waals surface area contributed by atoms with Crippen molar-refractivity contribution < 1.29 is 14.3 Å². The molecule has 1 unspecified atom stereocenters. The van der Waals surface area contributed by atoms with Crippen LogP contribution in [0, 0.1) is 0 Å². The fourth-order valence-corrected chi connectivity index (χ4v) is 2.54. The molecule has 0 aromatic heterocycles. The Kier molecular flexibility index (Phi) is 6.83. The number of carbonyl (C=O) groups excluding carboxylic acids is 2. The first kappa shape index (κ1) is 18.8. The van der Waals surface area contributed by atoms with Gasteiger partial charge in [0.05, 0.1) is 0 Å². The Bertz CT molecular complexity index is 722. The van der Waals surface area contributed by atoms with Crippen molar-refractivity contribution in [3.05, 3.63) is 65.2 Å². The first-order valence-electron chi connectivity index (χ1n) is 7.95. The summed E-state index contributed by atoms with van der Waals surface area (Å²) in [5.41, 5.74) is 0.771. The van der Waals surface area contributed by atoms with Crippen LogP contribution in [0.15, 0.2) is 54.6 Å². The molecule has 0 aliphatic heterocycles. The third kappa shape index (κ3) is 5.22. The summed E-state index contributed by atoms with van der Waals surface area (Å²) in [4.78, 5) is 26.2. The summed E-state index contributed by atoms with van der Waals surface area (Å²) in [7, 11) is 1.54. The molecule has 0 aliphatic carbocycles. The van der Waals surface area contributed by atoms with Crippen LogP contribution in [-0.2, 0) is 16.1 Å². The first-order chi connectivity index (χ1) is 12.0. The Labute approximate surface area is 152 Å². The van der Waals surface area contributed by atoms with Crippen LogP contribution in [0.5, 0.6) is 5.75 Å². The Morgan fingerprint density at radius 1 is 1.12 bits per heavy atom. The van der Waals surface area contributed by atoms with Gasteiger partial charge in [-0.15, -0.1) is 0 Å². The number of ether oxygens (including phenoxy) is 1. The Hall–Kier alpha value is -2.53. The fourth-order valence-electron chi connectivity index (χ4n) is 2.35. The van der Waals surface area contributed by atoms with Gasteiger partial charge in [-0.25, -0.2) is 0 Å². The van der Waals surface area contributed by atoms with Crippen molar-refractivity contribution in [2.75, 3.05) is 13.7 Å². The van der Waals surface area contributed by atoms with E-state index < -0.39 is 6.04 Å². The molecule has 0 saturated carbocycles. The molecule has 1 N–H and O–H groups in total. The van der Waals surface area contributed by atoms with Crippen LogP contribution in [0.25, 0.3) is 0 Å². The van der Waals surface area contributed by atoms with Crippen LogP contribution < -0.4 is 10.1 Å². The van der Waals surface area contributed by atoms with Crippen LogP contribution in [0.1, 0.15) is 12.5 Å². The minimum Gasteiger partial charge on any atom is -0.484 e. The zero-order chi connectivity index (χ0) is 18.2. The Morgan fingerprint density at radius 2 is 1.76 bits per heavy atom. The molecule has 1 atom stereocenters. The smallest absolute Gasteiger partial charge is 0.261 e. The molecule has 2 aromatic rings. The predicted molar refractivity (Wildman–Crippen MR) is 97.5 cm³/mol. The van der Waals surface area contributed by atoms with Crippen LogP contribution in [-0.4, -0.2) is 36.4 Å². The van der Waals surface area contributed by atoms with Crippen LogP contribution >= 0.6 is 11.6 Å². The van der Waals surface area contributed by atoms with Gasteiger partial charge >= 0.3 is 0 Å². The summed E-state index contributed by atoms with van der Waals surface area (Å²) >= 11 is 6.19. The molecular weight excluding hydrogens is 340 g/mol. The number of para-hydroxylation sites is 1. The maximum atomic E-state index is 12.7. The second kappa shape index (κ2) is 9.08. The zero-order valence-corrected chi connectivity index (χ0v) is 15.0. The lowest BCUT2D eigenvalue weighted by atomic mass is 10.1. The second-order valence-electron chi connectivity index (χ2n) is 5.51. The van der Waals surface area contributed by atoms with Gasteiger partial charge in [0.2, 0.25) is 5.91 Å². The van der Waals surface area contributed by atoms with Crippen molar-refractivity contribution >= 4 is 23.4 Å². The standard InChI is InChI=1S/C19H21ClN2O3/c1-14(19(24)21-2)22(12-15-8-6-7-11-17(15)20)18(23)13-25-16-9-4-3-5-10-16/h3-11,14H,12-13H2,1-2H3,(H,21,24). The summed E-state index contributed by atoms with van der Waals surface area (Å²) in [6.07, 6.45) is 0. The molecule has 0 fully saturated rings. The minimum atomic E-state index is -0.645. The molecule has 2 amide bonds. The van der Waals surface area contributed by atoms with E-state index in [0.29, 0.717) is 10.8 Å². The SMILES string of the molecule is CNC(=O)C(C)N(Cc1ccccc1Cl)C(=O)COc1ccccc1. The van der Waals surface area contributed by atoms with Crippen LogP contribution in [0.4, 0.5) is 0 Å². The first-order valence-corrected chi connectivity index (χ1v) is 8.33. The Morgan fingerprint density at radius 3 is 2.40 bits per heavy atom. The highest BCUT2D eigenvalue weighted by atomic mass is 35.5. The minimum absolute atomic E-state index is 0.157. The normalized spacial score (nSPS) is 11.5. The summed E-state index contributed by atoms with van der Waals surface area (Å²) in [5, 5.41) is 3.12. The van der Waals surface area contributed by atoms with Gasteiger partial charge in [-0.1, -0.05) is 48.0 Å². The molecule has 0 radical (unpaired) electrons. The van der Waals surface area contributed by atoms with Gasteiger partial charge in [0, 0.05) is 18.6 Å². The van der Waals surface area contributed by atoms with E-state index in [1.54, 1.807) is 25.1 Å². The van der Waals surface area contributed by atoms with Crippen molar-refractivity contribution in [1.29, 1.82) is 0 Å². The third-order valence-corrected chi connectivity index (χ3v) is 4.19. The van der Waals surface area contributed by atoms with E-state index in [4.69, 9.17) is 16.3 Å². The summed E-state index contributed by atoms with van der Waals surface area (Å²) < 4.78 is 5.52. The van der Waals surface area contributed by atoms with Gasteiger partial charge in [-0.2, -0.15) is 0 Å². The average molecular weight is 361 g/mol. The van der Waals surface area contributed by atoms with E-state index in [-0.39, 0.29) is 25.0 Å². The van der Waals surface area contributed by atoms with Gasteiger partial charge in [0.25, 0.3) is 5.91 Å². The van der Waals surface area contributed by atoms with Crippen molar-refractivity contribution in [1.82, 2.24) is 10.2 Å². The highest BCUT2D eigenvalue weighted by Crippen LogP contribution is 2.19. The second-order valence-corrected chi connectivity index (χ2v) is 5.91. The molecule has 5 nitrogen and oxygen atoms in total. The molecule has 0 bridgehead atoms. The van der Waals surface area contributed by atoms with Crippen LogP contribution in [0.3, 0.4) is 0 Å². The van der Waals surface area contributed by atoms with E-state index in [0.717, 1.165) is 5.56 Å². The lowest BCUT2D eigenvalue weighted by Crippen LogP contribution is -2.48. The third-order valence-electron chi connectivity index (χ3n) is 3.82. The number of benzene rings is 2. The molecule has 6 heteroatoms. The van der Waals surface area contributed by atoms with E-state index in [9.17, 15) is 9.59 Å². The number of hydrogen-bond acceptors (Lipinski definition) is 3. The summed E-state index contributed by atoms with van der Waals surface area (Å²) in [6, 6.07) is 15.7. The van der Waals surface area contributed by atoms with Crippen molar-refractivity contribution in [2.24, 2.45) is 0 Å².